The van der Waals surface area contributed by atoms with Gasteiger partial charge in [-0.1, -0.05) is 26.2 Å². The molecule has 1 aromatic carbocycles. The highest BCUT2D eigenvalue weighted by atomic mass is 32.2. The average Bonchev–Trinajstić information content (AvgIpc) is 2.94. The van der Waals surface area contributed by atoms with Crippen LogP contribution in [0, 0.1) is 5.92 Å². The van der Waals surface area contributed by atoms with Crippen molar-refractivity contribution in [2.45, 2.75) is 96.4 Å². The molecule has 3 rings (SSSR count). The molecule has 1 aliphatic carbocycles. The summed E-state index contributed by atoms with van der Waals surface area (Å²) in [6, 6.07) is 4.21. The molecular weight excluding hydrogens is 560 g/mol. The van der Waals surface area contributed by atoms with Gasteiger partial charge in [0.15, 0.2) is 0 Å². The average molecular weight is 611 g/mol. The molecule has 238 valence electrons. The summed E-state index contributed by atoms with van der Waals surface area (Å²) in [5, 5.41) is 13.2. The Morgan fingerprint density at radius 2 is 1.83 bits per heavy atom. The van der Waals surface area contributed by atoms with Gasteiger partial charge in [0.05, 0.1) is 36.7 Å². The van der Waals surface area contributed by atoms with Gasteiger partial charge in [-0.05, 0) is 64.2 Å². The summed E-state index contributed by atoms with van der Waals surface area (Å²) in [5.74, 6) is -0.211. The van der Waals surface area contributed by atoms with E-state index in [1.807, 2.05) is 13.8 Å². The van der Waals surface area contributed by atoms with Gasteiger partial charge < -0.3 is 29.7 Å². The quantitative estimate of drug-likeness (QED) is 0.427. The number of carbonyl (C=O) groups is 2. The van der Waals surface area contributed by atoms with Crippen LogP contribution in [0.25, 0.3) is 0 Å². The largest absolute Gasteiger partial charge is 0.490 e. The molecule has 11 nitrogen and oxygen atoms in total. The first-order chi connectivity index (χ1) is 19.9. The number of nitrogens with one attached hydrogen (secondary N) is 2. The summed E-state index contributed by atoms with van der Waals surface area (Å²) in [4.78, 5) is 30.3. The molecule has 3 amide bonds. The second kappa shape index (κ2) is 15.8. The number of hydrogen-bond acceptors (Lipinski definition) is 7. The molecule has 12 heteroatoms. The first kappa shape index (κ1) is 33.9. The van der Waals surface area contributed by atoms with E-state index in [0.29, 0.717) is 18.9 Å². The monoisotopic (exact) mass is 610 g/mol. The lowest BCUT2D eigenvalue weighted by molar-refractivity contribution is -0.0123. The molecule has 0 spiro atoms. The number of fused-ring (bicyclic) bond motifs is 1. The van der Waals surface area contributed by atoms with Crippen molar-refractivity contribution in [3.63, 3.8) is 0 Å². The van der Waals surface area contributed by atoms with Crippen LogP contribution in [0.1, 0.15) is 82.5 Å². The summed E-state index contributed by atoms with van der Waals surface area (Å²) >= 11 is 0. The fourth-order valence-corrected chi connectivity index (χ4v) is 6.10. The second-order valence-electron chi connectivity index (χ2n) is 12.0. The molecule has 1 heterocycles. The standard InChI is InChI=1S/C30H50N4O7S/c1-21-18-34(22(2)20-35)29(36)26-17-25(32-42(5,38)39)14-15-27(26)41-23(3)11-9-10-16-40-28(21)19-33(4)30(37)31-24-12-7-6-8-13-24/h14-15,17,21-24,28,32,35H,6-13,16,18-20H2,1-5H3,(H,31,37)/t21-,22-,23+,28+/m1/s1. The number of hydrogen-bond donors (Lipinski definition) is 3. The zero-order valence-electron chi connectivity index (χ0n) is 25.8. The van der Waals surface area contributed by atoms with E-state index in [4.69, 9.17) is 9.47 Å². The minimum absolute atomic E-state index is 0.125. The van der Waals surface area contributed by atoms with Crippen molar-refractivity contribution in [1.29, 1.82) is 0 Å². The van der Waals surface area contributed by atoms with Crippen molar-refractivity contribution < 1.29 is 32.6 Å². The third-order valence-corrected chi connectivity index (χ3v) is 8.69. The number of sulfonamides is 1. The maximum absolute atomic E-state index is 14.1. The van der Waals surface area contributed by atoms with Crippen molar-refractivity contribution in [3.8, 4) is 5.75 Å². The summed E-state index contributed by atoms with van der Waals surface area (Å²) in [6.07, 6.45) is 8.38. The summed E-state index contributed by atoms with van der Waals surface area (Å²) in [7, 11) is -1.80. The maximum atomic E-state index is 14.1. The Labute approximate surface area is 251 Å². The second-order valence-corrected chi connectivity index (χ2v) is 13.8. The molecule has 42 heavy (non-hydrogen) atoms. The minimum atomic E-state index is -3.57. The van der Waals surface area contributed by atoms with E-state index >= 15 is 0 Å². The highest BCUT2D eigenvalue weighted by Crippen LogP contribution is 2.29. The number of likely N-dealkylation sites (N-methyl/N-ethyl adjacent to an activating group) is 1. The van der Waals surface area contributed by atoms with Crippen molar-refractivity contribution in [3.05, 3.63) is 23.8 Å². The number of aliphatic hydroxyl groups is 1. The molecule has 1 fully saturated rings. The number of nitrogens with zero attached hydrogens (tertiary/aromatic N) is 2. The van der Waals surface area contributed by atoms with Gasteiger partial charge in [-0.3, -0.25) is 9.52 Å². The molecule has 2 aliphatic rings. The lowest BCUT2D eigenvalue weighted by Crippen LogP contribution is -2.50. The van der Waals surface area contributed by atoms with Crippen molar-refractivity contribution in [1.82, 2.24) is 15.1 Å². The fraction of sp³-hybridized carbons (Fsp3) is 0.733. The van der Waals surface area contributed by atoms with Crippen LogP contribution in [0.2, 0.25) is 0 Å². The van der Waals surface area contributed by atoms with Crippen LogP contribution in [-0.2, 0) is 14.8 Å². The van der Waals surface area contributed by atoms with Crippen LogP contribution in [0.4, 0.5) is 10.5 Å². The Kier molecular flexibility index (Phi) is 12.7. The SMILES string of the molecule is C[C@@H]1CN([C@H](C)CO)C(=O)c2cc(NS(C)(=O)=O)ccc2O[C@@H](C)CCCCO[C@H]1CN(C)C(=O)NC1CCCCC1. The highest BCUT2D eigenvalue weighted by molar-refractivity contribution is 7.92. The van der Waals surface area contributed by atoms with Gasteiger partial charge >= 0.3 is 6.03 Å². The molecule has 4 atom stereocenters. The Morgan fingerprint density at radius 1 is 1.14 bits per heavy atom. The highest BCUT2D eigenvalue weighted by Gasteiger charge is 2.31. The van der Waals surface area contributed by atoms with E-state index in [1.165, 1.54) is 12.5 Å². The number of rotatable bonds is 7. The van der Waals surface area contributed by atoms with Gasteiger partial charge in [0.2, 0.25) is 10.0 Å². The molecule has 1 aliphatic heterocycles. The number of urea groups is 1. The lowest BCUT2D eigenvalue weighted by atomic mass is 9.96. The number of benzene rings is 1. The summed E-state index contributed by atoms with van der Waals surface area (Å²) in [6.45, 7) is 6.53. The zero-order chi connectivity index (χ0) is 30.9. The first-order valence-electron chi connectivity index (χ1n) is 15.2. The van der Waals surface area contributed by atoms with Crippen LogP contribution >= 0.6 is 0 Å². The third-order valence-electron chi connectivity index (χ3n) is 8.09. The van der Waals surface area contributed by atoms with E-state index in [2.05, 4.69) is 10.0 Å². The molecule has 1 aromatic rings. The molecule has 0 aromatic heterocycles. The zero-order valence-corrected chi connectivity index (χ0v) is 26.6. The topological polar surface area (TPSA) is 138 Å². The normalized spacial score (nSPS) is 24.1. The fourth-order valence-electron chi connectivity index (χ4n) is 5.55. The molecule has 3 N–H and O–H groups in total. The number of carbonyl (C=O) groups excluding carboxylic acids is 2. The predicted octanol–water partition coefficient (Wildman–Crippen LogP) is 3.83. The Hall–Kier alpha value is -2.57. The molecule has 0 bridgehead atoms. The molecule has 0 unspecified atom stereocenters. The Morgan fingerprint density at radius 3 is 2.50 bits per heavy atom. The van der Waals surface area contributed by atoms with Gasteiger partial charge in [-0.15, -0.1) is 0 Å². The van der Waals surface area contributed by atoms with Crippen LogP contribution in [0.5, 0.6) is 5.75 Å². The van der Waals surface area contributed by atoms with Gasteiger partial charge in [-0.25, -0.2) is 13.2 Å². The first-order valence-corrected chi connectivity index (χ1v) is 17.1. The third kappa shape index (κ3) is 10.3. The van der Waals surface area contributed by atoms with Crippen LogP contribution in [0.15, 0.2) is 18.2 Å². The number of aliphatic hydroxyl groups excluding tert-OH is 1. The van der Waals surface area contributed by atoms with E-state index in [9.17, 15) is 23.1 Å². The summed E-state index contributed by atoms with van der Waals surface area (Å²) < 4.78 is 38.8. The molecule has 1 saturated carbocycles. The van der Waals surface area contributed by atoms with E-state index < -0.39 is 16.1 Å². The van der Waals surface area contributed by atoms with Crippen molar-refractivity contribution in [2.24, 2.45) is 5.92 Å². The van der Waals surface area contributed by atoms with Gasteiger partial charge in [0, 0.05) is 44.4 Å². The minimum Gasteiger partial charge on any atom is -0.490 e. The van der Waals surface area contributed by atoms with Crippen LogP contribution < -0.4 is 14.8 Å². The van der Waals surface area contributed by atoms with Gasteiger partial charge in [0.25, 0.3) is 5.91 Å². The number of anilines is 1. The smallest absolute Gasteiger partial charge is 0.317 e. The number of amides is 3. The molecular formula is C30H50N4O7S. The molecule has 0 saturated heterocycles. The lowest BCUT2D eigenvalue weighted by Gasteiger charge is -2.36. The van der Waals surface area contributed by atoms with Crippen molar-refractivity contribution in [2.75, 3.05) is 44.3 Å². The Bertz CT molecular complexity index is 1140. The van der Waals surface area contributed by atoms with E-state index in [-0.39, 0.29) is 60.5 Å². The van der Waals surface area contributed by atoms with Crippen molar-refractivity contribution >= 4 is 27.6 Å². The predicted molar refractivity (Wildman–Crippen MR) is 163 cm³/mol. The van der Waals surface area contributed by atoms with Gasteiger partial charge in [-0.2, -0.15) is 0 Å². The summed E-state index contributed by atoms with van der Waals surface area (Å²) in [5.41, 5.74) is 0.458. The molecule has 0 radical (unpaired) electrons. The Balaban J connectivity index is 1.88. The van der Waals surface area contributed by atoms with Gasteiger partial charge in [0.1, 0.15) is 5.75 Å². The number of ether oxygens (including phenoxy) is 2. The van der Waals surface area contributed by atoms with Crippen LogP contribution in [-0.4, -0.2) is 99.2 Å². The van der Waals surface area contributed by atoms with Crippen LogP contribution in [0.3, 0.4) is 0 Å². The maximum Gasteiger partial charge on any atom is 0.317 e. The van der Waals surface area contributed by atoms with E-state index in [0.717, 1.165) is 51.2 Å². The van der Waals surface area contributed by atoms with E-state index in [1.54, 1.807) is 35.9 Å².